The van der Waals surface area contributed by atoms with Crippen LogP contribution in [0.3, 0.4) is 0 Å². The molecule has 0 saturated heterocycles. The molecular weight excluding hydrogens is 432 g/mol. The van der Waals surface area contributed by atoms with Gasteiger partial charge in [0.15, 0.2) is 0 Å². The number of aliphatic hydroxyl groups is 2. The van der Waals surface area contributed by atoms with Crippen molar-refractivity contribution in [2.24, 2.45) is 11.7 Å². The molecule has 1 rings (SSSR count). The van der Waals surface area contributed by atoms with Gasteiger partial charge in [0.25, 0.3) is 0 Å². The highest BCUT2D eigenvalue weighted by Crippen LogP contribution is 2.09. The maximum atomic E-state index is 12.6. The second kappa shape index (κ2) is 13.5. The molecule has 6 atom stereocenters. The number of carbonyl (C=O) groups excluding carboxylic acids is 3. The van der Waals surface area contributed by atoms with Gasteiger partial charge in [0.05, 0.1) is 18.8 Å². The van der Waals surface area contributed by atoms with Crippen molar-refractivity contribution in [2.75, 3.05) is 6.61 Å². The molecule has 0 radical (unpaired) electrons. The van der Waals surface area contributed by atoms with Crippen molar-refractivity contribution in [3.63, 3.8) is 0 Å². The van der Waals surface area contributed by atoms with E-state index in [1.165, 1.54) is 6.92 Å². The lowest BCUT2D eigenvalue weighted by Gasteiger charge is -2.27. The lowest BCUT2D eigenvalue weighted by Crippen LogP contribution is -2.61. The van der Waals surface area contributed by atoms with Gasteiger partial charge in [0.2, 0.25) is 17.7 Å². The van der Waals surface area contributed by atoms with Crippen molar-refractivity contribution in [3.8, 4) is 0 Å². The molecule has 0 aromatic heterocycles. The highest BCUT2D eigenvalue weighted by Gasteiger charge is 2.33. The van der Waals surface area contributed by atoms with Crippen LogP contribution >= 0.6 is 0 Å². The Morgan fingerprint density at radius 3 is 2.00 bits per heavy atom. The Bertz CT molecular complexity index is 803. The number of aliphatic carboxylic acids is 1. The Morgan fingerprint density at radius 2 is 1.52 bits per heavy atom. The molecule has 11 nitrogen and oxygen atoms in total. The first kappa shape index (κ1) is 28.0. The number of rotatable bonds is 13. The summed E-state index contributed by atoms with van der Waals surface area (Å²) in [7, 11) is 0. The van der Waals surface area contributed by atoms with E-state index in [1.54, 1.807) is 38.1 Å². The molecule has 0 heterocycles. The van der Waals surface area contributed by atoms with Gasteiger partial charge in [-0.1, -0.05) is 50.6 Å². The molecule has 11 heteroatoms. The molecule has 3 amide bonds. The molecule has 184 valence electrons. The summed E-state index contributed by atoms with van der Waals surface area (Å²) in [6.07, 6.45) is -0.696. The summed E-state index contributed by atoms with van der Waals surface area (Å²) in [4.78, 5) is 49.0. The number of carbonyl (C=O) groups is 4. The van der Waals surface area contributed by atoms with Gasteiger partial charge >= 0.3 is 5.97 Å². The molecule has 0 fully saturated rings. The molecule has 0 aliphatic carbocycles. The van der Waals surface area contributed by atoms with Crippen LogP contribution in [0.25, 0.3) is 0 Å². The minimum absolute atomic E-state index is 0.206. The van der Waals surface area contributed by atoms with Gasteiger partial charge in [0, 0.05) is 0 Å². The first-order valence-corrected chi connectivity index (χ1v) is 10.7. The number of hydrogen-bond acceptors (Lipinski definition) is 7. The quantitative estimate of drug-likeness (QED) is 0.183. The van der Waals surface area contributed by atoms with Crippen LogP contribution in [-0.2, 0) is 25.6 Å². The van der Waals surface area contributed by atoms with Crippen LogP contribution in [0.2, 0.25) is 0 Å². The number of amides is 3. The average Bonchev–Trinajstić information content (AvgIpc) is 2.78. The van der Waals surface area contributed by atoms with E-state index in [4.69, 9.17) is 5.73 Å². The maximum absolute atomic E-state index is 12.6. The molecule has 33 heavy (non-hydrogen) atoms. The first-order chi connectivity index (χ1) is 15.5. The fourth-order valence-electron chi connectivity index (χ4n) is 3.02. The zero-order chi connectivity index (χ0) is 25.1. The second-order valence-electron chi connectivity index (χ2n) is 7.98. The Kier molecular flexibility index (Phi) is 11.5. The van der Waals surface area contributed by atoms with E-state index >= 15 is 0 Å². The molecule has 1 aromatic rings. The predicted octanol–water partition coefficient (Wildman–Crippen LogP) is -1.49. The smallest absolute Gasteiger partial charge is 0.326 e. The number of aliphatic hydroxyl groups excluding tert-OH is 2. The molecule has 1 aromatic carbocycles. The predicted molar refractivity (Wildman–Crippen MR) is 120 cm³/mol. The zero-order valence-electron chi connectivity index (χ0n) is 19.0. The highest BCUT2D eigenvalue weighted by molar-refractivity contribution is 5.94. The third kappa shape index (κ3) is 8.79. The Morgan fingerprint density at radius 1 is 0.939 bits per heavy atom. The molecule has 6 unspecified atom stereocenters. The van der Waals surface area contributed by atoms with Gasteiger partial charge in [-0.2, -0.15) is 0 Å². The van der Waals surface area contributed by atoms with Crippen molar-refractivity contribution in [1.82, 2.24) is 16.0 Å². The molecule has 0 bridgehead atoms. The van der Waals surface area contributed by atoms with Gasteiger partial charge in [-0.05, 0) is 24.8 Å². The number of nitrogens with one attached hydrogen (secondary N) is 3. The van der Waals surface area contributed by atoms with E-state index in [-0.39, 0.29) is 6.42 Å². The van der Waals surface area contributed by atoms with Crippen molar-refractivity contribution in [3.05, 3.63) is 35.9 Å². The van der Waals surface area contributed by atoms with Gasteiger partial charge in [0.1, 0.15) is 18.1 Å². The molecule has 0 spiro atoms. The largest absolute Gasteiger partial charge is 0.480 e. The lowest BCUT2D eigenvalue weighted by atomic mass is 9.98. The molecule has 0 aliphatic rings. The number of hydrogen-bond donors (Lipinski definition) is 7. The Hall–Kier alpha value is -3.02. The number of nitrogens with two attached hydrogens (primary N) is 1. The van der Waals surface area contributed by atoms with Crippen LogP contribution in [0.5, 0.6) is 0 Å². The Labute approximate surface area is 192 Å². The van der Waals surface area contributed by atoms with Crippen LogP contribution in [0.15, 0.2) is 30.3 Å². The van der Waals surface area contributed by atoms with E-state index in [0.29, 0.717) is 6.42 Å². The van der Waals surface area contributed by atoms with Gasteiger partial charge in [-0.25, -0.2) is 4.79 Å². The van der Waals surface area contributed by atoms with E-state index in [2.05, 4.69) is 16.0 Å². The third-order valence-electron chi connectivity index (χ3n) is 5.29. The summed E-state index contributed by atoms with van der Waals surface area (Å²) in [5, 5.41) is 35.8. The van der Waals surface area contributed by atoms with Gasteiger partial charge in [-0.3, -0.25) is 14.4 Å². The van der Waals surface area contributed by atoms with Crippen LogP contribution in [0, 0.1) is 5.92 Å². The fraction of sp³-hybridized carbons (Fsp3) is 0.545. The number of benzene rings is 1. The Balaban J connectivity index is 2.81. The summed E-state index contributed by atoms with van der Waals surface area (Å²) in [5.74, 6) is -4.17. The van der Waals surface area contributed by atoms with Crippen molar-refractivity contribution >= 4 is 23.7 Å². The number of carboxylic acid groups (broad SMARTS) is 1. The summed E-state index contributed by atoms with van der Waals surface area (Å²) in [6.45, 7) is 3.86. The third-order valence-corrected chi connectivity index (χ3v) is 5.29. The van der Waals surface area contributed by atoms with Crippen LogP contribution in [-0.4, -0.2) is 75.9 Å². The SMILES string of the molecule is CCC(C)C(NC(=O)C(NC(=O)C(CO)NC(=O)C(N)Cc1ccccc1)C(C)O)C(=O)O. The van der Waals surface area contributed by atoms with Gasteiger partial charge in [-0.15, -0.1) is 0 Å². The van der Waals surface area contributed by atoms with Crippen molar-refractivity contribution < 1.29 is 34.5 Å². The second-order valence-corrected chi connectivity index (χ2v) is 7.98. The average molecular weight is 467 g/mol. The maximum Gasteiger partial charge on any atom is 0.326 e. The molecule has 0 saturated carbocycles. The molecular formula is C22H34N4O7. The number of carboxylic acids is 1. The van der Waals surface area contributed by atoms with Crippen molar-refractivity contribution in [1.29, 1.82) is 0 Å². The van der Waals surface area contributed by atoms with E-state index < -0.39 is 66.5 Å². The fourth-order valence-corrected chi connectivity index (χ4v) is 3.02. The summed E-state index contributed by atoms with van der Waals surface area (Å²) in [5.41, 5.74) is 6.70. The first-order valence-electron chi connectivity index (χ1n) is 10.7. The minimum atomic E-state index is -1.51. The van der Waals surface area contributed by atoms with E-state index in [9.17, 15) is 34.5 Å². The van der Waals surface area contributed by atoms with E-state index in [1.807, 2.05) is 6.07 Å². The minimum Gasteiger partial charge on any atom is -0.480 e. The molecule has 0 aliphatic heterocycles. The summed E-state index contributed by atoms with van der Waals surface area (Å²) in [6, 6.07) is 3.84. The van der Waals surface area contributed by atoms with Crippen LogP contribution in [0.1, 0.15) is 32.8 Å². The topological polar surface area (TPSA) is 191 Å². The summed E-state index contributed by atoms with van der Waals surface area (Å²) < 4.78 is 0. The van der Waals surface area contributed by atoms with Crippen LogP contribution in [0.4, 0.5) is 0 Å². The summed E-state index contributed by atoms with van der Waals surface area (Å²) >= 11 is 0. The standard InChI is InChI=1S/C22H34N4O7/c1-4-12(2)17(22(32)33)25-21(31)18(13(3)28)26-20(30)16(11-27)24-19(29)15(23)10-14-8-6-5-7-9-14/h5-9,12-13,15-18,27-28H,4,10-11,23H2,1-3H3,(H,24,29)(H,25,31)(H,26,30)(H,32,33). The normalized spacial score (nSPS) is 16.4. The molecule has 8 N–H and O–H groups in total. The lowest BCUT2D eigenvalue weighted by molar-refractivity contribution is -0.144. The van der Waals surface area contributed by atoms with Crippen LogP contribution < -0.4 is 21.7 Å². The monoisotopic (exact) mass is 466 g/mol. The zero-order valence-corrected chi connectivity index (χ0v) is 19.0. The van der Waals surface area contributed by atoms with Gasteiger partial charge < -0.3 is 37.0 Å². The van der Waals surface area contributed by atoms with Crippen molar-refractivity contribution in [2.45, 2.75) is 63.9 Å². The van der Waals surface area contributed by atoms with E-state index in [0.717, 1.165) is 5.56 Å². The highest BCUT2D eigenvalue weighted by atomic mass is 16.4.